The van der Waals surface area contributed by atoms with E-state index in [1.54, 1.807) is 47.3 Å². The van der Waals surface area contributed by atoms with E-state index in [1.165, 1.54) is 29.7 Å². The van der Waals surface area contributed by atoms with Crippen LogP contribution in [-0.4, -0.2) is 30.9 Å². The van der Waals surface area contributed by atoms with Crippen LogP contribution in [0.3, 0.4) is 0 Å². The van der Waals surface area contributed by atoms with Gasteiger partial charge >= 0.3 is 0 Å². The molecule has 8 heteroatoms. The number of rotatable bonds is 6. The van der Waals surface area contributed by atoms with Crippen molar-refractivity contribution in [1.29, 1.82) is 0 Å². The van der Waals surface area contributed by atoms with Crippen molar-refractivity contribution in [3.05, 3.63) is 103 Å². The van der Waals surface area contributed by atoms with Gasteiger partial charge in [-0.1, -0.05) is 42.5 Å². The standard InChI is InChI=1S/C23H20N4O3S/c1-26(19-10-4-2-5-11-19)31(29,30)21-14-8-9-18(15-21)25-23(28)22-16-24-17-27(22)20-12-6-3-7-13-20/h2-17H,1H3,(H,25,28). The molecule has 4 rings (SSSR count). The summed E-state index contributed by atoms with van der Waals surface area (Å²) in [5.74, 6) is -0.396. The molecular weight excluding hydrogens is 412 g/mol. The first-order chi connectivity index (χ1) is 15.0. The molecule has 0 aliphatic rings. The van der Waals surface area contributed by atoms with Gasteiger partial charge in [0.2, 0.25) is 0 Å². The van der Waals surface area contributed by atoms with Gasteiger partial charge in [0.1, 0.15) is 5.69 Å². The lowest BCUT2D eigenvalue weighted by Gasteiger charge is -2.20. The first kappa shape index (κ1) is 20.4. The Balaban J connectivity index is 1.59. The average Bonchev–Trinajstić information content (AvgIpc) is 3.30. The van der Waals surface area contributed by atoms with Gasteiger partial charge in [0.15, 0.2) is 0 Å². The lowest BCUT2D eigenvalue weighted by atomic mass is 10.3. The average molecular weight is 433 g/mol. The van der Waals surface area contributed by atoms with Gasteiger partial charge in [-0.15, -0.1) is 0 Å². The zero-order valence-corrected chi connectivity index (χ0v) is 17.5. The fourth-order valence-electron chi connectivity index (χ4n) is 3.12. The fraction of sp³-hybridized carbons (Fsp3) is 0.0435. The SMILES string of the molecule is CN(c1ccccc1)S(=O)(=O)c1cccc(NC(=O)c2cncn2-c2ccccc2)c1. The molecule has 156 valence electrons. The summed E-state index contributed by atoms with van der Waals surface area (Å²) < 4.78 is 28.9. The van der Waals surface area contributed by atoms with E-state index in [0.717, 1.165) is 5.69 Å². The largest absolute Gasteiger partial charge is 0.321 e. The van der Waals surface area contributed by atoms with Crippen LogP contribution >= 0.6 is 0 Å². The van der Waals surface area contributed by atoms with E-state index in [0.29, 0.717) is 17.1 Å². The molecular formula is C23H20N4O3S. The first-order valence-corrected chi connectivity index (χ1v) is 10.9. The molecule has 0 unspecified atom stereocenters. The smallest absolute Gasteiger partial charge is 0.274 e. The third-order valence-electron chi connectivity index (χ3n) is 4.78. The van der Waals surface area contributed by atoms with Gasteiger partial charge in [-0.3, -0.25) is 13.7 Å². The molecule has 1 amide bonds. The minimum atomic E-state index is -3.79. The molecule has 0 spiro atoms. The van der Waals surface area contributed by atoms with E-state index in [9.17, 15) is 13.2 Å². The molecule has 1 heterocycles. The van der Waals surface area contributed by atoms with Gasteiger partial charge in [-0.2, -0.15) is 0 Å². The van der Waals surface area contributed by atoms with Crippen molar-refractivity contribution in [1.82, 2.24) is 9.55 Å². The Labute approximate surface area is 180 Å². The van der Waals surface area contributed by atoms with Crippen molar-refractivity contribution < 1.29 is 13.2 Å². The molecule has 7 nitrogen and oxygen atoms in total. The van der Waals surface area contributed by atoms with Crippen LogP contribution in [0.4, 0.5) is 11.4 Å². The van der Waals surface area contributed by atoms with Crippen LogP contribution in [-0.2, 0) is 10.0 Å². The minimum absolute atomic E-state index is 0.0771. The van der Waals surface area contributed by atoms with Crippen molar-refractivity contribution in [3.8, 4) is 5.69 Å². The lowest BCUT2D eigenvalue weighted by Crippen LogP contribution is -2.26. The minimum Gasteiger partial charge on any atom is -0.321 e. The van der Waals surface area contributed by atoms with Gasteiger partial charge in [0.25, 0.3) is 15.9 Å². The van der Waals surface area contributed by atoms with Crippen molar-refractivity contribution >= 4 is 27.3 Å². The summed E-state index contributed by atoms with van der Waals surface area (Å²) in [5.41, 5.74) is 2.05. The number of nitrogens with one attached hydrogen (secondary N) is 1. The van der Waals surface area contributed by atoms with Crippen molar-refractivity contribution in [2.75, 3.05) is 16.7 Å². The molecule has 0 saturated carbocycles. The van der Waals surface area contributed by atoms with E-state index in [2.05, 4.69) is 10.3 Å². The Bertz CT molecular complexity index is 1300. The van der Waals surface area contributed by atoms with Gasteiger partial charge in [-0.05, 0) is 42.5 Å². The highest BCUT2D eigenvalue weighted by Crippen LogP contribution is 2.24. The number of hydrogen-bond acceptors (Lipinski definition) is 4. The number of hydrogen-bond donors (Lipinski definition) is 1. The van der Waals surface area contributed by atoms with E-state index >= 15 is 0 Å². The van der Waals surface area contributed by atoms with E-state index in [1.807, 2.05) is 36.4 Å². The maximum atomic E-state index is 13.0. The number of nitrogens with zero attached hydrogens (tertiary/aromatic N) is 3. The maximum absolute atomic E-state index is 13.0. The van der Waals surface area contributed by atoms with Crippen LogP contribution in [0.5, 0.6) is 0 Å². The molecule has 0 atom stereocenters. The summed E-state index contributed by atoms with van der Waals surface area (Å²) in [7, 11) is -2.30. The van der Waals surface area contributed by atoms with Crippen LogP contribution < -0.4 is 9.62 Å². The molecule has 4 aromatic rings. The zero-order valence-electron chi connectivity index (χ0n) is 16.7. The molecule has 0 radical (unpaired) electrons. The number of imidazole rings is 1. The molecule has 0 aliphatic heterocycles. The summed E-state index contributed by atoms with van der Waals surface area (Å²) in [5, 5.41) is 2.76. The second-order valence-electron chi connectivity index (χ2n) is 6.77. The maximum Gasteiger partial charge on any atom is 0.274 e. The third kappa shape index (κ3) is 4.19. The Morgan fingerprint density at radius 3 is 2.32 bits per heavy atom. The van der Waals surface area contributed by atoms with Crippen LogP contribution in [0.15, 0.2) is 102 Å². The van der Waals surface area contributed by atoms with Crippen molar-refractivity contribution in [2.45, 2.75) is 4.90 Å². The topological polar surface area (TPSA) is 84.3 Å². The Hall–Kier alpha value is -3.91. The van der Waals surface area contributed by atoms with E-state index in [4.69, 9.17) is 0 Å². The number of aromatic nitrogens is 2. The number of amides is 1. The second-order valence-corrected chi connectivity index (χ2v) is 8.74. The zero-order chi connectivity index (χ0) is 21.8. The number of carbonyl (C=O) groups is 1. The lowest BCUT2D eigenvalue weighted by molar-refractivity contribution is 0.102. The predicted molar refractivity (Wildman–Crippen MR) is 120 cm³/mol. The monoisotopic (exact) mass is 432 g/mol. The summed E-state index contributed by atoms with van der Waals surface area (Å²) >= 11 is 0. The summed E-state index contributed by atoms with van der Waals surface area (Å²) in [6.45, 7) is 0. The van der Waals surface area contributed by atoms with Gasteiger partial charge in [0, 0.05) is 18.4 Å². The first-order valence-electron chi connectivity index (χ1n) is 9.50. The number of sulfonamides is 1. The van der Waals surface area contributed by atoms with Crippen LogP contribution in [0.25, 0.3) is 5.69 Å². The van der Waals surface area contributed by atoms with E-state index in [-0.39, 0.29) is 4.90 Å². The van der Waals surface area contributed by atoms with Gasteiger partial charge in [0.05, 0.1) is 23.1 Å². The summed E-state index contributed by atoms with van der Waals surface area (Å²) in [6.07, 6.45) is 3.02. The molecule has 1 aromatic heterocycles. The molecule has 1 N–H and O–H groups in total. The predicted octanol–water partition coefficient (Wildman–Crippen LogP) is 3.95. The van der Waals surface area contributed by atoms with Gasteiger partial charge in [-0.25, -0.2) is 13.4 Å². The van der Waals surface area contributed by atoms with Crippen LogP contribution in [0.2, 0.25) is 0 Å². The van der Waals surface area contributed by atoms with E-state index < -0.39 is 15.9 Å². The third-order valence-corrected chi connectivity index (χ3v) is 6.56. The molecule has 0 fully saturated rings. The normalized spacial score (nSPS) is 11.1. The van der Waals surface area contributed by atoms with Crippen LogP contribution in [0.1, 0.15) is 10.5 Å². The Kier molecular flexibility index (Phi) is 5.55. The van der Waals surface area contributed by atoms with Crippen molar-refractivity contribution in [3.63, 3.8) is 0 Å². The number of anilines is 2. The fourth-order valence-corrected chi connectivity index (χ4v) is 4.36. The molecule has 31 heavy (non-hydrogen) atoms. The highest BCUT2D eigenvalue weighted by atomic mass is 32.2. The Morgan fingerprint density at radius 2 is 1.61 bits per heavy atom. The molecule has 3 aromatic carbocycles. The summed E-state index contributed by atoms with van der Waals surface area (Å²) in [4.78, 5) is 17.0. The molecule has 0 aliphatic carbocycles. The van der Waals surface area contributed by atoms with Crippen LogP contribution in [0, 0.1) is 0 Å². The van der Waals surface area contributed by atoms with Gasteiger partial charge < -0.3 is 5.32 Å². The van der Waals surface area contributed by atoms with Crippen molar-refractivity contribution in [2.24, 2.45) is 0 Å². The number of benzene rings is 3. The molecule has 0 saturated heterocycles. The highest BCUT2D eigenvalue weighted by Gasteiger charge is 2.22. The quantitative estimate of drug-likeness (QED) is 0.500. The molecule has 0 bridgehead atoms. The second kappa shape index (κ2) is 8.45. The number of para-hydroxylation sites is 2. The number of carbonyl (C=O) groups excluding carboxylic acids is 1. The summed E-state index contributed by atoms with van der Waals surface area (Å²) in [6, 6.07) is 24.3. The highest BCUT2D eigenvalue weighted by molar-refractivity contribution is 7.92. The Morgan fingerprint density at radius 1 is 0.935 bits per heavy atom.